The molecule has 6 heteroatoms. The quantitative estimate of drug-likeness (QED) is 0.928. The van der Waals surface area contributed by atoms with Gasteiger partial charge < -0.3 is 19.9 Å². The van der Waals surface area contributed by atoms with Crippen LogP contribution >= 0.6 is 0 Å². The maximum Gasteiger partial charge on any atom is 0.161 e. The fourth-order valence-electron chi connectivity index (χ4n) is 2.51. The minimum atomic E-state index is -0.379. The molecule has 0 fully saturated rings. The van der Waals surface area contributed by atoms with E-state index in [1.807, 2.05) is 35.9 Å². The van der Waals surface area contributed by atoms with Gasteiger partial charge in [-0.05, 0) is 19.1 Å². The maximum atomic E-state index is 6.38. The number of methoxy groups -OCH3 is 1. The lowest BCUT2D eigenvalue weighted by molar-refractivity contribution is 0.0693. The first-order chi connectivity index (χ1) is 10.2. The molecule has 0 spiro atoms. The molecular weight excluding hydrogens is 270 g/mol. The van der Waals surface area contributed by atoms with Crippen LogP contribution in [0.3, 0.4) is 0 Å². The molecule has 0 bridgehead atoms. The smallest absolute Gasteiger partial charge is 0.161 e. The zero-order valence-corrected chi connectivity index (χ0v) is 12.2. The number of aryl methyl sites for hydroxylation is 1. The van der Waals surface area contributed by atoms with Crippen LogP contribution in [-0.2, 0) is 6.54 Å². The molecule has 2 atom stereocenters. The average molecular weight is 289 g/mol. The van der Waals surface area contributed by atoms with Gasteiger partial charge in [-0.3, -0.25) is 4.68 Å². The van der Waals surface area contributed by atoms with Gasteiger partial charge in [0.1, 0.15) is 12.3 Å². The molecule has 1 aliphatic heterocycles. The van der Waals surface area contributed by atoms with E-state index in [1.165, 1.54) is 0 Å². The molecule has 2 heterocycles. The summed E-state index contributed by atoms with van der Waals surface area (Å²) in [4.78, 5) is 0. The summed E-state index contributed by atoms with van der Waals surface area (Å²) in [5, 5.41) is 4.28. The Labute approximate surface area is 123 Å². The van der Waals surface area contributed by atoms with Crippen molar-refractivity contribution in [3.05, 3.63) is 36.2 Å². The number of hydrogen-bond donors (Lipinski definition) is 1. The second kappa shape index (κ2) is 5.65. The number of fused-ring (bicyclic) bond motifs is 1. The van der Waals surface area contributed by atoms with Gasteiger partial charge >= 0.3 is 0 Å². The standard InChI is InChI=1S/C15H19N3O3/c1-3-18-15(12(19-2)8-17-18)14(16)13-9-20-10-6-4-5-7-11(10)21-13/h4-8,13-14H,3,9,16H2,1-2H3. The van der Waals surface area contributed by atoms with Crippen LogP contribution in [0.4, 0.5) is 0 Å². The molecule has 2 unspecified atom stereocenters. The Morgan fingerprint density at radius 2 is 2.19 bits per heavy atom. The third kappa shape index (κ3) is 2.42. The molecule has 2 N–H and O–H groups in total. The first-order valence-corrected chi connectivity index (χ1v) is 6.98. The summed E-state index contributed by atoms with van der Waals surface area (Å²) in [6, 6.07) is 7.21. The first kappa shape index (κ1) is 13.8. The van der Waals surface area contributed by atoms with Crippen LogP contribution in [-0.4, -0.2) is 29.6 Å². The summed E-state index contributed by atoms with van der Waals surface area (Å²) in [7, 11) is 1.61. The van der Waals surface area contributed by atoms with Crippen molar-refractivity contribution in [2.45, 2.75) is 25.6 Å². The number of aromatic nitrogens is 2. The lowest BCUT2D eigenvalue weighted by Crippen LogP contribution is -2.40. The zero-order valence-electron chi connectivity index (χ0n) is 12.2. The number of ether oxygens (including phenoxy) is 3. The molecule has 0 amide bonds. The number of nitrogens with zero attached hydrogens (tertiary/aromatic N) is 2. The topological polar surface area (TPSA) is 71.5 Å². The van der Waals surface area contributed by atoms with Crippen LogP contribution < -0.4 is 19.9 Å². The van der Waals surface area contributed by atoms with E-state index in [9.17, 15) is 0 Å². The van der Waals surface area contributed by atoms with Crippen LogP contribution in [0.2, 0.25) is 0 Å². The maximum absolute atomic E-state index is 6.38. The highest BCUT2D eigenvalue weighted by Crippen LogP contribution is 2.35. The van der Waals surface area contributed by atoms with Gasteiger partial charge in [0.25, 0.3) is 0 Å². The van der Waals surface area contributed by atoms with Gasteiger partial charge in [0.05, 0.1) is 19.3 Å². The van der Waals surface area contributed by atoms with Crippen molar-refractivity contribution in [3.63, 3.8) is 0 Å². The predicted octanol–water partition coefficient (Wildman–Crippen LogP) is 1.75. The van der Waals surface area contributed by atoms with Crippen LogP contribution in [0.1, 0.15) is 18.7 Å². The molecule has 1 aliphatic rings. The second-order valence-electron chi connectivity index (χ2n) is 4.85. The number of nitrogens with two attached hydrogens (primary N) is 1. The van der Waals surface area contributed by atoms with Crippen LogP contribution in [0.25, 0.3) is 0 Å². The highest BCUT2D eigenvalue weighted by molar-refractivity contribution is 5.41. The summed E-state index contributed by atoms with van der Waals surface area (Å²) in [6.45, 7) is 3.13. The normalized spacial score (nSPS) is 18.3. The van der Waals surface area contributed by atoms with Crippen molar-refractivity contribution in [2.24, 2.45) is 5.73 Å². The zero-order chi connectivity index (χ0) is 14.8. The summed E-state index contributed by atoms with van der Waals surface area (Å²) in [5.74, 6) is 2.13. The Bertz CT molecular complexity index is 605. The van der Waals surface area contributed by atoms with Crippen molar-refractivity contribution in [3.8, 4) is 17.2 Å². The fraction of sp³-hybridized carbons (Fsp3) is 0.400. The molecule has 112 valence electrons. The van der Waals surface area contributed by atoms with Gasteiger partial charge in [0.2, 0.25) is 0 Å². The molecule has 0 radical (unpaired) electrons. The molecule has 3 rings (SSSR count). The van der Waals surface area contributed by atoms with E-state index < -0.39 is 0 Å². The highest BCUT2D eigenvalue weighted by atomic mass is 16.6. The van der Waals surface area contributed by atoms with E-state index in [0.29, 0.717) is 18.1 Å². The SMILES string of the molecule is CCn1ncc(OC)c1C(N)C1COc2ccccc2O1. The molecule has 2 aromatic rings. The van der Waals surface area contributed by atoms with Gasteiger partial charge in [-0.25, -0.2) is 0 Å². The van der Waals surface area contributed by atoms with Crippen molar-refractivity contribution in [2.75, 3.05) is 13.7 Å². The van der Waals surface area contributed by atoms with E-state index in [-0.39, 0.29) is 12.1 Å². The molecule has 1 aromatic carbocycles. The van der Waals surface area contributed by atoms with Gasteiger partial charge in [0.15, 0.2) is 23.4 Å². The summed E-state index contributed by atoms with van der Waals surface area (Å²) in [5.41, 5.74) is 7.21. The Hall–Kier alpha value is -2.21. The lowest BCUT2D eigenvalue weighted by Gasteiger charge is -2.30. The average Bonchev–Trinajstić information content (AvgIpc) is 2.96. The summed E-state index contributed by atoms with van der Waals surface area (Å²) >= 11 is 0. The third-order valence-corrected chi connectivity index (χ3v) is 3.61. The predicted molar refractivity (Wildman–Crippen MR) is 77.7 cm³/mol. The van der Waals surface area contributed by atoms with Crippen molar-refractivity contribution >= 4 is 0 Å². The van der Waals surface area contributed by atoms with Crippen LogP contribution in [0, 0.1) is 0 Å². The minimum absolute atomic E-state index is 0.282. The van der Waals surface area contributed by atoms with E-state index in [4.69, 9.17) is 19.9 Å². The van der Waals surface area contributed by atoms with E-state index >= 15 is 0 Å². The number of hydrogen-bond acceptors (Lipinski definition) is 5. The first-order valence-electron chi connectivity index (χ1n) is 6.98. The molecule has 21 heavy (non-hydrogen) atoms. The molecule has 0 aliphatic carbocycles. The van der Waals surface area contributed by atoms with Crippen molar-refractivity contribution in [1.29, 1.82) is 0 Å². The Balaban J connectivity index is 1.87. The van der Waals surface area contributed by atoms with E-state index in [0.717, 1.165) is 18.0 Å². The van der Waals surface area contributed by atoms with Gasteiger partial charge in [-0.2, -0.15) is 5.10 Å². The monoisotopic (exact) mass is 289 g/mol. The molecule has 0 saturated heterocycles. The second-order valence-corrected chi connectivity index (χ2v) is 4.85. The van der Waals surface area contributed by atoms with Gasteiger partial charge in [-0.1, -0.05) is 12.1 Å². The van der Waals surface area contributed by atoms with Crippen LogP contribution in [0.5, 0.6) is 17.2 Å². The Morgan fingerprint density at radius 3 is 2.90 bits per heavy atom. The number of rotatable bonds is 4. The van der Waals surface area contributed by atoms with Gasteiger partial charge in [0, 0.05) is 6.54 Å². The lowest BCUT2D eigenvalue weighted by atomic mass is 10.1. The highest BCUT2D eigenvalue weighted by Gasteiger charge is 2.31. The molecular formula is C15H19N3O3. The van der Waals surface area contributed by atoms with E-state index in [2.05, 4.69) is 5.10 Å². The summed E-state index contributed by atoms with van der Waals surface area (Å²) < 4.78 is 18.9. The van der Waals surface area contributed by atoms with Crippen molar-refractivity contribution in [1.82, 2.24) is 9.78 Å². The number of para-hydroxylation sites is 2. The molecule has 0 saturated carbocycles. The minimum Gasteiger partial charge on any atom is -0.493 e. The van der Waals surface area contributed by atoms with Crippen molar-refractivity contribution < 1.29 is 14.2 Å². The van der Waals surface area contributed by atoms with Crippen LogP contribution in [0.15, 0.2) is 30.5 Å². The Morgan fingerprint density at radius 1 is 1.43 bits per heavy atom. The van der Waals surface area contributed by atoms with E-state index in [1.54, 1.807) is 13.3 Å². The number of benzene rings is 1. The third-order valence-electron chi connectivity index (χ3n) is 3.61. The largest absolute Gasteiger partial charge is 0.493 e. The van der Waals surface area contributed by atoms with Gasteiger partial charge in [-0.15, -0.1) is 0 Å². The molecule has 6 nitrogen and oxygen atoms in total. The Kier molecular flexibility index (Phi) is 3.70. The molecule has 1 aromatic heterocycles. The fourth-order valence-corrected chi connectivity index (χ4v) is 2.51. The summed E-state index contributed by atoms with van der Waals surface area (Å²) in [6.07, 6.45) is 1.40.